The van der Waals surface area contributed by atoms with Crippen molar-refractivity contribution in [3.05, 3.63) is 24.3 Å². The van der Waals surface area contributed by atoms with Gasteiger partial charge >= 0.3 is 11.5 Å². The first-order valence-corrected chi connectivity index (χ1v) is 9.13. The Kier molecular flexibility index (Phi) is 5.20. The summed E-state index contributed by atoms with van der Waals surface area (Å²) in [6.07, 6.45) is 2.28. The zero-order valence-corrected chi connectivity index (χ0v) is 15.0. The average Bonchev–Trinajstić information content (AvgIpc) is 2.78. The number of carbonyl (C=O) groups is 1. The first-order chi connectivity index (χ1) is 11.7. The van der Waals surface area contributed by atoms with Gasteiger partial charge in [0.2, 0.25) is 0 Å². The molecule has 8 heteroatoms. The summed E-state index contributed by atoms with van der Waals surface area (Å²) >= 11 is -0.160. The quantitative estimate of drug-likeness (QED) is 0.810. The second-order valence-corrected chi connectivity index (χ2v) is 8.10. The van der Waals surface area contributed by atoms with Gasteiger partial charge in [0.05, 0.1) is 0 Å². The van der Waals surface area contributed by atoms with Gasteiger partial charge in [-0.2, -0.15) is 13.2 Å². The van der Waals surface area contributed by atoms with Crippen LogP contribution in [0.25, 0.3) is 0 Å². The molecule has 25 heavy (non-hydrogen) atoms. The third-order valence-electron chi connectivity index (χ3n) is 5.01. The van der Waals surface area contributed by atoms with Gasteiger partial charge in [0.15, 0.2) is 0 Å². The molecule has 1 unspecified atom stereocenters. The normalized spacial score (nSPS) is 26.2. The highest BCUT2D eigenvalue weighted by molar-refractivity contribution is 8.00. The third-order valence-corrected chi connectivity index (χ3v) is 5.75. The molecule has 0 aromatic heterocycles. The Bertz CT molecular complexity index is 607. The van der Waals surface area contributed by atoms with Crippen LogP contribution < -0.4 is 5.32 Å². The van der Waals surface area contributed by atoms with E-state index >= 15 is 0 Å². The van der Waals surface area contributed by atoms with Gasteiger partial charge < -0.3 is 15.1 Å². The van der Waals surface area contributed by atoms with E-state index in [-0.39, 0.29) is 22.7 Å². The molecule has 2 bridgehead atoms. The molecule has 1 aromatic rings. The smallest absolute Gasteiger partial charge is 0.324 e. The van der Waals surface area contributed by atoms with Gasteiger partial charge in [0, 0.05) is 29.7 Å². The molecule has 1 saturated carbocycles. The zero-order valence-electron chi connectivity index (χ0n) is 14.2. The monoisotopic (exact) mass is 373 g/mol. The van der Waals surface area contributed by atoms with E-state index in [1.807, 2.05) is 4.90 Å². The Morgan fingerprint density at radius 1 is 1.16 bits per heavy atom. The van der Waals surface area contributed by atoms with Crippen molar-refractivity contribution in [1.29, 1.82) is 0 Å². The fourth-order valence-corrected chi connectivity index (χ4v) is 4.68. The summed E-state index contributed by atoms with van der Waals surface area (Å²) in [6.45, 7) is 1.46. The second kappa shape index (κ2) is 7.07. The number of piperidine rings is 1. The van der Waals surface area contributed by atoms with Gasteiger partial charge in [-0.15, -0.1) is 0 Å². The van der Waals surface area contributed by atoms with E-state index in [1.165, 1.54) is 24.3 Å². The van der Waals surface area contributed by atoms with Gasteiger partial charge in [-0.1, -0.05) is 0 Å². The van der Waals surface area contributed by atoms with E-state index in [1.54, 1.807) is 0 Å². The first kappa shape index (κ1) is 18.4. The Balaban J connectivity index is 1.58. The molecule has 0 radical (unpaired) electrons. The van der Waals surface area contributed by atoms with Crippen LogP contribution in [0.4, 0.5) is 23.7 Å². The van der Waals surface area contributed by atoms with Crippen LogP contribution >= 0.6 is 11.8 Å². The lowest BCUT2D eigenvalue weighted by molar-refractivity contribution is -0.0328. The summed E-state index contributed by atoms with van der Waals surface area (Å²) in [7, 11) is 4.18. The Hall–Kier alpha value is -1.41. The van der Waals surface area contributed by atoms with Crippen molar-refractivity contribution in [3.63, 3.8) is 0 Å². The Labute approximate surface area is 149 Å². The molecule has 2 fully saturated rings. The number of anilines is 1. The lowest BCUT2D eigenvalue weighted by Crippen LogP contribution is -2.53. The van der Waals surface area contributed by atoms with Crippen molar-refractivity contribution >= 4 is 23.5 Å². The molecule has 2 amide bonds. The molecule has 0 spiro atoms. The average molecular weight is 373 g/mol. The minimum absolute atomic E-state index is 0.107. The number of hydrogen-bond donors (Lipinski definition) is 1. The van der Waals surface area contributed by atoms with Gasteiger partial charge in [0.25, 0.3) is 0 Å². The molecule has 1 aliphatic carbocycles. The molecule has 2 aliphatic rings. The molecule has 1 heterocycles. The van der Waals surface area contributed by atoms with E-state index in [9.17, 15) is 18.0 Å². The fraction of sp³-hybridized carbons (Fsp3) is 0.588. The van der Waals surface area contributed by atoms with Crippen LogP contribution in [-0.2, 0) is 0 Å². The van der Waals surface area contributed by atoms with E-state index < -0.39 is 5.51 Å². The van der Waals surface area contributed by atoms with Crippen LogP contribution in [0.2, 0.25) is 0 Å². The van der Waals surface area contributed by atoms with Crippen LogP contribution in [0.15, 0.2) is 29.2 Å². The molecular weight excluding hydrogens is 351 g/mol. The highest BCUT2D eigenvalue weighted by Crippen LogP contribution is 2.39. The molecule has 1 aliphatic heterocycles. The van der Waals surface area contributed by atoms with Gasteiger partial charge in [-0.25, -0.2) is 4.79 Å². The third kappa shape index (κ3) is 4.41. The number of amides is 2. The molecule has 1 N–H and O–H groups in total. The fourth-order valence-electron chi connectivity index (χ4n) is 4.15. The highest BCUT2D eigenvalue weighted by atomic mass is 32.2. The van der Waals surface area contributed by atoms with Crippen molar-refractivity contribution in [2.45, 2.75) is 29.3 Å². The van der Waals surface area contributed by atoms with Crippen molar-refractivity contribution in [3.8, 4) is 0 Å². The van der Waals surface area contributed by atoms with Crippen LogP contribution in [0.3, 0.4) is 0 Å². The maximum Gasteiger partial charge on any atom is 0.446 e. The van der Waals surface area contributed by atoms with Crippen molar-refractivity contribution < 1.29 is 18.0 Å². The van der Waals surface area contributed by atoms with E-state index in [0.29, 0.717) is 23.6 Å². The number of likely N-dealkylation sites (tertiary alicyclic amines) is 1. The molecule has 4 nitrogen and oxygen atoms in total. The number of nitrogens with zero attached hydrogens (tertiary/aromatic N) is 2. The van der Waals surface area contributed by atoms with Crippen LogP contribution in [0.1, 0.15) is 12.8 Å². The largest absolute Gasteiger partial charge is 0.446 e. The van der Waals surface area contributed by atoms with Gasteiger partial charge in [-0.3, -0.25) is 0 Å². The number of urea groups is 1. The second-order valence-electron chi connectivity index (χ2n) is 6.96. The molecule has 3 rings (SSSR count). The Morgan fingerprint density at radius 3 is 2.20 bits per heavy atom. The van der Waals surface area contributed by atoms with Crippen LogP contribution in [0.5, 0.6) is 0 Å². The van der Waals surface area contributed by atoms with Crippen LogP contribution in [-0.4, -0.2) is 54.6 Å². The first-order valence-electron chi connectivity index (χ1n) is 8.31. The number of rotatable bonds is 3. The molecule has 138 valence electrons. The highest BCUT2D eigenvalue weighted by Gasteiger charge is 2.44. The maximum atomic E-state index is 12.5. The predicted octanol–water partition coefficient (Wildman–Crippen LogP) is 4.10. The number of thioether (sulfide) groups is 1. The molecule has 3 atom stereocenters. The number of nitrogens with one attached hydrogen (secondary N) is 1. The Morgan fingerprint density at radius 2 is 1.72 bits per heavy atom. The summed E-state index contributed by atoms with van der Waals surface area (Å²) in [5.41, 5.74) is -3.79. The lowest BCUT2D eigenvalue weighted by atomic mass is 9.91. The summed E-state index contributed by atoms with van der Waals surface area (Å²) in [6, 6.07) is 6.11. The maximum absolute atomic E-state index is 12.5. The topological polar surface area (TPSA) is 35.6 Å². The number of benzene rings is 1. The number of carbonyl (C=O) groups excluding carboxylic acids is 1. The molecule has 1 aromatic carbocycles. The predicted molar refractivity (Wildman–Crippen MR) is 92.6 cm³/mol. The standard InChI is InChI=1S/C17H22F3N3OS/c1-22(2)15-11-3-4-12(15)10-23(9-11)16(24)21-13-5-7-14(8-6-13)25-17(18,19)20/h5-8,11-12,15H,3-4,9-10H2,1-2H3,(H,21,24)/t11-,12+,15?. The SMILES string of the molecule is CN(C)C1[C@@H]2CC[C@H]1CN(C(=O)Nc1ccc(SC(F)(F)F)cc1)C2. The minimum Gasteiger partial charge on any atom is -0.324 e. The number of alkyl halides is 3. The zero-order chi connectivity index (χ0) is 18.2. The number of halogens is 3. The van der Waals surface area contributed by atoms with Gasteiger partial charge in [0.1, 0.15) is 0 Å². The van der Waals surface area contributed by atoms with Crippen molar-refractivity contribution in [1.82, 2.24) is 9.80 Å². The van der Waals surface area contributed by atoms with Crippen LogP contribution in [0, 0.1) is 11.8 Å². The minimum atomic E-state index is -4.30. The summed E-state index contributed by atoms with van der Waals surface area (Å²) < 4.78 is 37.0. The summed E-state index contributed by atoms with van der Waals surface area (Å²) in [4.78, 5) is 16.7. The van der Waals surface area contributed by atoms with E-state index in [2.05, 4.69) is 24.3 Å². The van der Waals surface area contributed by atoms with Crippen molar-refractivity contribution in [2.75, 3.05) is 32.5 Å². The number of hydrogen-bond acceptors (Lipinski definition) is 3. The summed E-state index contributed by atoms with van der Waals surface area (Å²) in [5.74, 6) is 0.982. The molecular formula is C17H22F3N3OS. The van der Waals surface area contributed by atoms with Crippen molar-refractivity contribution in [2.24, 2.45) is 11.8 Å². The van der Waals surface area contributed by atoms with E-state index in [0.717, 1.165) is 25.9 Å². The molecule has 1 saturated heterocycles. The summed E-state index contributed by atoms with van der Waals surface area (Å²) in [5, 5.41) is 2.80. The lowest BCUT2D eigenvalue weighted by Gasteiger charge is -2.41. The van der Waals surface area contributed by atoms with Gasteiger partial charge in [-0.05, 0) is 74.8 Å². The number of fused-ring (bicyclic) bond motifs is 2. The van der Waals surface area contributed by atoms with E-state index in [4.69, 9.17) is 0 Å².